The van der Waals surface area contributed by atoms with Gasteiger partial charge in [-0.05, 0) is 43.9 Å². The van der Waals surface area contributed by atoms with Crippen molar-refractivity contribution in [3.63, 3.8) is 0 Å². The van der Waals surface area contributed by atoms with E-state index in [-0.39, 0.29) is 36.3 Å². The third-order valence-electron chi connectivity index (χ3n) is 5.13. The predicted molar refractivity (Wildman–Crippen MR) is 105 cm³/mol. The Morgan fingerprint density at radius 2 is 2.00 bits per heavy atom. The first-order valence-electron chi connectivity index (χ1n) is 9.07. The number of benzene rings is 1. The van der Waals surface area contributed by atoms with Crippen molar-refractivity contribution in [2.75, 3.05) is 12.4 Å². The van der Waals surface area contributed by atoms with Gasteiger partial charge in [-0.1, -0.05) is 11.6 Å². The van der Waals surface area contributed by atoms with Gasteiger partial charge in [0.15, 0.2) is 11.6 Å². The van der Waals surface area contributed by atoms with Gasteiger partial charge in [-0.3, -0.25) is 9.59 Å². The van der Waals surface area contributed by atoms with Crippen LogP contribution in [0.2, 0.25) is 5.02 Å². The van der Waals surface area contributed by atoms with E-state index in [4.69, 9.17) is 26.8 Å². The van der Waals surface area contributed by atoms with E-state index >= 15 is 0 Å². The number of ether oxygens (including phenoxy) is 2. The zero-order valence-electron chi connectivity index (χ0n) is 15.8. The number of nitrogens with zero attached hydrogens (tertiary/aromatic N) is 1. The maximum Gasteiger partial charge on any atom is 0.240 e. The molecule has 1 fully saturated rings. The topological polar surface area (TPSA) is 104 Å². The molecule has 1 aromatic heterocycles. The Labute approximate surface area is 172 Å². The van der Waals surface area contributed by atoms with E-state index in [0.29, 0.717) is 17.9 Å². The summed E-state index contributed by atoms with van der Waals surface area (Å²) in [5, 5.41) is 3.03. The van der Waals surface area contributed by atoms with Crippen molar-refractivity contribution in [3.8, 4) is 11.6 Å². The fraction of sp³-hybridized carbons (Fsp3) is 0.350. The van der Waals surface area contributed by atoms with Crippen LogP contribution in [0, 0.1) is 11.2 Å². The highest BCUT2D eigenvalue weighted by atomic mass is 35.5. The fourth-order valence-corrected chi connectivity index (χ4v) is 3.46. The summed E-state index contributed by atoms with van der Waals surface area (Å²) in [6.07, 6.45) is 3.01. The van der Waals surface area contributed by atoms with Crippen molar-refractivity contribution in [2.24, 2.45) is 11.1 Å². The number of rotatable bonds is 6. The van der Waals surface area contributed by atoms with Gasteiger partial charge in [0.1, 0.15) is 5.41 Å². The number of nitrogens with two attached hydrogens (primary N) is 1. The van der Waals surface area contributed by atoms with E-state index < -0.39 is 23.0 Å². The highest BCUT2D eigenvalue weighted by Gasteiger charge is 2.47. The van der Waals surface area contributed by atoms with Crippen molar-refractivity contribution in [1.82, 2.24) is 4.98 Å². The number of carbonyl (C=O) groups is 2. The van der Waals surface area contributed by atoms with Crippen LogP contribution in [0.3, 0.4) is 0 Å². The van der Waals surface area contributed by atoms with E-state index in [1.165, 1.54) is 24.4 Å². The van der Waals surface area contributed by atoms with Gasteiger partial charge in [0.25, 0.3) is 0 Å². The Morgan fingerprint density at radius 3 is 2.55 bits per heavy atom. The van der Waals surface area contributed by atoms with E-state index in [1.54, 1.807) is 13.2 Å². The first-order valence-corrected chi connectivity index (χ1v) is 9.45. The Bertz CT molecular complexity index is 899. The Morgan fingerprint density at radius 1 is 1.28 bits per heavy atom. The van der Waals surface area contributed by atoms with Gasteiger partial charge in [0.2, 0.25) is 17.7 Å². The minimum atomic E-state index is -1.34. The Hall–Kier alpha value is -2.71. The number of hydrogen-bond acceptors (Lipinski definition) is 5. The van der Waals surface area contributed by atoms with Gasteiger partial charge >= 0.3 is 0 Å². The molecular weight excluding hydrogens is 401 g/mol. The molecule has 0 bridgehead atoms. The smallest absolute Gasteiger partial charge is 0.240 e. The Balaban J connectivity index is 1.72. The minimum Gasteiger partial charge on any atom is -0.436 e. The monoisotopic (exact) mass is 421 g/mol. The first-order chi connectivity index (χ1) is 13.8. The average molecular weight is 422 g/mol. The number of anilines is 1. The summed E-state index contributed by atoms with van der Waals surface area (Å²) < 4.78 is 25.1. The van der Waals surface area contributed by atoms with E-state index in [0.717, 1.165) is 6.07 Å². The molecule has 3 N–H and O–H groups in total. The van der Waals surface area contributed by atoms with Crippen molar-refractivity contribution in [1.29, 1.82) is 0 Å². The highest BCUT2D eigenvalue weighted by Crippen LogP contribution is 2.38. The van der Waals surface area contributed by atoms with E-state index in [1.807, 2.05) is 0 Å². The third kappa shape index (κ3) is 4.65. The van der Waals surface area contributed by atoms with Gasteiger partial charge < -0.3 is 20.5 Å². The molecule has 3 rings (SSSR count). The number of hydrogen-bond donors (Lipinski definition) is 2. The zero-order chi connectivity index (χ0) is 21.0. The number of methoxy groups -OCH3 is 1. The summed E-state index contributed by atoms with van der Waals surface area (Å²) in [6.45, 7) is 0. The number of carbonyl (C=O) groups excluding carboxylic acids is 2. The van der Waals surface area contributed by atoms with Gasteiger partial charge in [0.05, 0.1) is 11.1 Å². The van der Waals surface area contributed by atoms with Crippen molar-refractivity contribution in [2.45, 2.75) is 31.8 Å². The van der Waals surface area contributed by atoms with Crippen molar-refractivity contribution >= 4 is 29.1 Å². The molecule has 0 saturated heterocycles. The van der Waals surface area contributed by atoms with E-state index in [2.05, 4.69) is 10.3 Å². The summed E-state index contributed by atoms with van der Waals surface area (Å²) >= 11 is 5.76. The number of aromatic nitrogens is 1. The van der Waals surface area contributed by atoms with Crippen LogP contribution in [0.5, 0.6) is 11.6 Å². The molecule has 2 amide bonds. The second-order valence-corrected chi connectivity index (χ2v) is 7.33. The van der Waals surface area contributed by atoms with Crippen LogP contribution in [0.4, 0.5) is 10.1 Å². The SMILES string of the molecule is COC1CCC(C(N)=O)(C(=O)Nc2ccc(Oc3ccc(Cl)cn3)c(F)c2)CC1. The molecule has 1 aliphatic carbocycles. The van der Waals surface area contributed by atoms with Gasteiger partial charge in [-0.25, -0.2) is 9.37 Å². The van der Waals surface area contributed by atoms with Crippen LogP contribution in [-0.2, 0) is 14.3 Å². The molecule has 1 saturated carbocycles. The molecule has 0 spiro atoms. The molecule has 0 atom stereocenters. The zero-order valence-corrected chi connectivity index (χ0v) is 16.5. The first kappa shape index (κ1) is 21.0. The highest BCUT2D eigenvalue weighted by molar-refractivity contribution is 6.30. The molecule has 9 heteroatoms. The van der Waals surface area contributed by atoms with Crippen molar-refractivity contribution < 1.29 is 23.5 Å². The lowest BCUT2D eigenvalue weighted by Gasteiger charge is -2.35. The van der Waals surface area contributed by atoms with Crippen molar-refractivity contribution in [3.05, 3.63) is 47.4 Å². The quantitative estimate of drug-likeness (QED) is 0.692. The third-order valence-corrected chi connectivity index (χ3v) is 5.35. The lowest BCUT2D eigenvalue weighted by molar-refractivity contribution is -0.142. The fourth-order valence-electron chi connectivity index (χ4n) is 3.35. The molecule has 1 aromatic carbocycles. The van der Waals surface area contributed by atoms with Gasteiger partial charge in [-0.2, -0.15) is 0 Å². The average Bonchev–Trinajstić information content (AvgIpc) is 2.71. The maximum atomic E-state index is 14.4. The standard InChI is InChI=1S/C20H21ClFN3O4/c1-28-14-6-8-20(9-7-14,18(23)26)19(27)25-13-3-4-16(15(22)10-13)29-17-5-2-12(21)11-24-17/h2-5,10-11,14H,6-9H2,1H3,(H2,23,26)(H,25,27). The molecule has 29 heavy (non-hydrogen) atoms. The summed E-state index contributed by atoms with van der Waals surface area (Å²) in [5.41, 5.74) is 4.40. The number of amides is 2. The van der Waals surface area contributed by atoms with Crippen LogP contribution >= 0.6 is 11.6 Å². The van der Waals surface area contributed by atoms with Gasteiger partial charge in [-0.15, -0.1) is 0 Å². The van der Waals surface area contributed by atoms with Gasteiger partial charge in [0, 0.05) is 31.1 Å². The molecule has 0 radical (unpaired) electrons. The van der Waals surface area contributed by atoms with E-state index in [9.17, 15) is 14.0 Å². The number of pyridine rings is 1. The second-order valence-electron chi connectivity index (χ2n) is 6.90. The number of halogens is 2. The van der Waals surface area contributed by atoms with Crippen LogP contribution in [0.1, 0.15) is 25.7 Å². The second kappa shape index (κ2) is 8.75. The summed E-state index contributed by atoms with van der Waals surface area (Å²) in [4.78, 5) is 28.8. The summed E-state index contributed by atoms with van der Waals surface area (Å²) in [7, 11) is 1.59. The lowest BCUT2D eigenvalue weighted by Crippen LogP contribution is -2.49. The summed E-state index contributed by atoms with van der Waals surface area (Å²) in [6, 6.07) is 7.02. The number of nitrogens with one attached hydrogen (secondary N) is 1. The van der Waals surface area contributed by atoms with Crippen LogP contribution in [0.25, 0.3) is 0 Å². The summed E-state index contributed by atoms with van der Waals surface area (Å²) in [5.74, 6) is -1.84. The predicted octanol–water partition coefficient (Wildman–Crippen LogP) is 3.67. The van der Waals surface area contributed by atoms with Crippen LogP contribution < -0.4 is 15.8 Å². The minimum absolute atomic E-state index is 0.00868. The number of primary amides is 1. The molecule has 1 heterocycles. The largest absolute Gasteiger partial charge is 0.436 e. The van der Waals surface area contributed by atoms with Crippen LogP contribution in [0.15, 0.2) is 36.5 Å². The maximum absolute atomic E-state index is 14.4. The molecule has 0 unspecified atom stereocenters. The molecule has 1 aliphatic rings. The molecule has 7 nitrogen and oxygen atoms in total. The Kier molecular flexibility index (Phi) is 6.34. The molecule has 154 valence electrons. The molecule has 0 aliphatic heterocycles. The van der Waals surface area contributed by atoms with Crippen LogP contribution in [-0.4, -0.2) is 30.0 Å². The lowest BCUT2D eigenvalue weighted by atomic mass is 9.71. The molecule has 2 aromatic rings. The normalized spacial score (nSPS) is 21.4. The molecular formula is C20H21ClFN3O4.